The molecule has 1 saturated heterocycles. The van der Waals surface area contributed by atoms with Crippen LogP contribution in [0, 0.1) is 0 Å². The molecule has 0 atom stereocenters. The second kappa shape index (κ2) is 6.53. The molecule has 22 heavy (non-hydrogen) atoms. The van der Waals surface area contributed by atoms with Gasteiger partial charge in [0.15, 0.2) is 0 Å². The molecule has 2 nitrogen and oxygen atoms in total. The third-order valence-corrected chi connectivity index (χ3v) is 4.66. The zero-order valence-corrected chi connectivity index (χ0v) is 13.5. The molecule has 1 aliphatic rings. The van der Waals surface area contributed by atoms with Crippen LogP contribution in [0.15, 0.2) is 54.6 Å². The summed E-state index contributed by atoms with van der Waals surface area (Å²) in [5.41, 5.74) is 2.66. The van der Waals surface area contributed by atoms with Gasteiger partial charge in [0, 0.05) is 5.41 Å². The molecule has 1 N–H and O–H groups in total. The molecule has 0 bridgehead atoms. The van der Waals surface area contributed by atoms with Crippen molar-refractivity contribution in [2.75, 3.05) is 13.1 Å². The van der Waals surface area contributed by atoms with Crippen molar-refractivity contribution in [3.05, 3.63) is 65.7 Å². The van der Waals surface area contributed by atoms with E-state index in [0.29, 0.717) is 6.10 Å². The van der Waals surface area contributed by atoms with Crippen LogP contribution in [0.4, 0.5) is 0 Å². The first-order valence-corrected chi connectivity index (χ1v) is 8.20. The van der Waals surface area contributed by atoms with Crippen molar-refractivity contribution in [3.8, 4) is 5.75 Å². The lowest BCUT2D eigenvalue weighted by molar-refractivity contribution is 0.162. The van der Waals surface area contributed by atoms with Crippen LogP contribution in [0.3, 0.4) is 0 Å². The Bertz CT molecular complexity index is 583. The summed E-state index contributed by atoms with van der Waals surface area (Å²) in [5.74, 6) is 0.986. The Morgan fingerprint density at radius 2 is 1.45 bits per heavy atom. The fourth-order valence-electron chi connectivity index (χ4n) is 3.08. The predicted octanol–water partition coefficient (Wildman–Crippen LogP) is 4.14. The summed E-state index contributed by atoms with van der Waals surface area (Å²) < 4.78 is 6.09. The van der Waals surface area contributed by atoms with Crippen molar-refractivity contribution in [1.29, 1.82) is 0 Å². The zero-order chi connectivity index (χ0) is 15.4. The van der Waals surface area contributed by atoms with Gasteiger partial charge in [-0.15, -0.1) is 0 Å². The van der Waals surface area contributed by atoms with Gasteiger partial charge < -0.3 is 10.1 Å². The average molecular weight is 295 g/mol. The highest BCUT2D eigenvalue weighted by atomic mass is 16.5. The van der Waals surface area contributed by atoms with Crippen LogP contribution in [-0.2, 0) is 5.41 Å². The third-order valence-electron chi connectivity index (χ3n) is 4.66. The number of rotatable bonds is 4. The van der Waals surface area contributed by atoms with Crippen LogP contribution in [0.25, 0.3) is 0 Å². The van der Waals surface area contributed by atoms with Crippen LogP contribution in [0.1, 0.15) is 37.8 Å². The van der Waals surface area contributed by atoms with Crippen LogP contribution in [0.2, 0.25) is 0 Å². The first kappa shape index (κ1) is 15.1. The molecule has 0 radical (unpaired) electrons. The van der Waals surface area contributed by atoms with Gasteiger partial charge in [0.25, 0.3) is 0 Å². The summed E-state index contributed by atoms with van der Waals surface area (Å²) in [6, 6.07) is 19.3. The third kappa shape index (κ3) is 3.33. The average Bonchev–Trinajstić information content (AvgIpc) is 2.57. The molecule has 0 unspecified atom stereocenters. The molecule has 1 fully saturated rings. The Hall–Kier alpha value is -1.80. The first-order valence-electron chi connectivity index (χ1n) is 8.20. The van der Waals surface area contributed by atoms with Crippen molar-refractivity contribution in [3.63, 3.8) is 0 Å². The van der Waals surface area contributed by atoms with Crippen LogP contribution in [-0.4, -0.2) is 19.2 Å². The number of benzene rings is 2. The largest absolute Gasteiger partial charge is 0.490 e. The highest BCUT2D eigenvalue weighted by Gasteiger charge is 2.23. The van der Waals surface area contributed by atoms with Gasteiger partial charge in [0.05, 0.1) is 0 Å². The van der Waals surface area contributed by atoms with Gasteiger partial charge in [-0.05, 0) is 49.2 Å². The topological polar surface area (TPSA) is 21.3 Å². The summed E-state index contributed by atoms with van der Waals surface area (Å²) in [5, 5.41) is 3.37. The number of ether oxygens (including phenoxy) is 1. The molecule has 0 amide bonds. The van der Waals surface area contributed by atoms with Crippen LogP contribution >= 0.6 is 0 Å². The molecule has 2 heteroatoms. The fraction of sp³-hybridized carbons (Fsp3) is 0.400. The van der Waals surface area contributed by atoms with E-state index < -0.39 is 0 Å². The van der Waals surface area contributed by atoms with E-state index in [4.69, 9.17) is 4.74 Å². The van der Waals surface area contributed by atoms with Crippen molar-refractivity contribution < 1.29 is 4.74 Å². The summed E-state index contributed by atoms with van der Waals surface area (Å²) in [4.78, 5) is 0. The summed E-state index contributed by atoms with van der Waals surface area (Å²) in [6.07, 6.45) is 2.54. The minimum atomic E-state index is 0.00848. The van der Waals surface area contributed by atoms with Gasteiger partial charge in [-0.3, -0.25) is 0 Å². The molecular formula is C20H25NO. The van der Waals surface area contributed by atoms with E-state index in [1.54, 1.807) is 0 Å². The molecular weight excluding hydrogens is 270 g/mol. The Labute approximate surface area is 133 Å². The van der Waals surface area contributed by atoms with Gasteiger partial charge in [-0.1, -0.05) is 56.3 Å². The fourth-order valence-corrected chi connectivity index (χ4v) is 3.08. The van der Waals surface area contributed by atoms with Gasteiger partial charge in [0.1, 0.15) is 11.9 Å². The van der Waals surface area contributed by atoms with E-state index in [9.17, 15) is 0 Å². The van der Waals surface area contributed by atoms with Crippen molar-refractivity contribution in [1.82, 2.24) is 5.32 Å². The van der Waals surface area contributed by atoms with Crippen LogP contribution < -0.4 is 10.1 Å². The summed E-state index contributed by atoms with van der Waals surface area (Å²) >= 11 is 0. The Kier molecular flexibility index (Phi) is 4.49. The van der Waals surface area contributed by atoms with Gasteiger partial charge in [-0.2, -0.15) is 0 Å². The van der Waals surface area contributed by atoms with E-state index in [0.717, 1.165) is 31.7 Å². The normalized spacial score (nSPS) is 16.5. The molecule has 1 aliphatic heterocycles. The van der Waals surface area contributed by atoms with E-state index in [2.05, 4.69) is 73.8 Å². The molecule has 0 spiro atoms. The molecule has 0 saturated carbocycles. The lowest BCUT2D eigenvalue weighted by Gasteiger charge is -2.27. The van der Waals surface area contributed by atoms with Crippen molar-refractivity contribution >= 4 is 0 Å². The van der Waals surface area contributed by atoms with Gasteiger partial charge >= 0.3 is 0 Å². The van der Waals surface area contributed by atoms with Gasteiger partial charge in [-0.25, -0.2) is 0 Å². The van der Waals surface area contributed by atoms with E-state index in [1.165, 1.54) is 11.1 Å². The molecule has 0 aromatic heterocycles. The number of hydrogen-bond donors (Lipinski definition) is 1. The van der Waals surface area contributed by atoms with E-state index in [1.807, 2.05) is 0 Å². The maximum Gasteiger partial charge on any atom is 0.119 e. The van der Waals surface area contributed by atoms with Crippen molar-refractivity contribution in [2.24, 2.45) is 0 Å². The Balaban J connectivity index is 1.73. The zero-order valence-electron chi connectivity index (χ0n) is 13.5. The maximum atomic E-state index is 6.09. The molecule has 116 valence electrons. The smallest absolute Gasteiger partial charge is 0.119 e. The predicted molar refractivity (Wildman–Crippen MR) is 91.5 cm³/mol. The second-order valence-electron chi connectivity index (χ2n) is 6.58. The summed E-state index contributed by atoms with van der Waals surface area (Å²) in [6.45, 7) is 6.66. The number of nitrogens with one attached hydrogen (secondary N) is 1. The van der Waals surface area contributed by atoms with Gasteiger partial charge in [0.2, 0.25) is 0 Å². The molecule has 3 rings (SSSR count). The Morgan fingerprint density at radius 3 is 2.09 bits per heavy atom. The monoisotopic (exact) mass is 295 g/mol. The number of piperidine rings is 1. The minimum Gasteiger partial charge on any atom is -0.490 e. The van der Waals surface area contributed by atoms with E-state index >= 15 is 0 Å². The molecule has 2 aromatic rings. The Morgan fingerprint density at radius 1 is 0.864 bits per heavy atom. The lowest BCUT2D eigenvalue weighted by atomic mass is 9.78. The lowest BCUT2D eigenvalue weighted by Crippen LogP contribution is -2.34. The minimum absolute atomic E-state index is 0.00848. The summed E-state index contributed by atoms with van der Waals surface area (Å²) in [7, 11) is 0. The quantitative estimate of drug-likeness (QED) is 0.915. The highest BCUT2D eigenvalue weighted by Crippen LogP contribution is 2.32. The van der Waals surface area contributed by atoms with Crippen molar-refractivity contribution in [2.45, 2.75) is 38.2 Å². The maximum absolute atomic E-state index is 6.09. The standard InChI is InChI=1S/C20H25NO/c1-20(2,16-6-4-3-5-7-16)17-8-10-18(11-9-17)22-19-12-14-21-15-13-19/h3-11,19,21H,12-15H2,1-2H3. The van der Waals surface area contributed by atoms with E-state index in [-0.39, 0.29) is 5.41 Å². The molecule has 2 aromatic carbocycles. The van der Waals surface area contributed by atoms with Crippen LogP contribution in [0.5, 0.6) is 5.75 Å². The SMILES string of the molecule is CC(C)(c1ccccc1)c1ccc(OC2CCNCC2)cc1. The second-order valence-corrected chi connectivity index (χ2v) is 6.58. The molecule has 1 heterocycles. The first-order chi connectivity index (χ1) is 10.7. The molecule has 0 aliphatic carbocycles. The highest BCUT2D eigenvalue weighted by molar-refractivity contribution is 5.39. The number of hydrogen-bond acceptors (Lipinski definition) is 2.